The maximum absolute atomic E-state index is 14.2. The van der Waals surface area contributed by atoms with Crippen molar-refractivity contribution in [3.05, 3.63) is 113 Å². The summed E-state index contributed by atoms with van der Waals surface area (Å²) in [4.78, 5) is 44.4. The summed E-state index contributed by atoms with van der Waals surface area (Å²) >= 11 is 6.13. The van der Waals surface area contributed by atoms with Gasteiger partial charge in [0.05, 0.1) is 5.69 Å². The zero-order chi connectivity index (χ0) is 28.1. The molecule has 3 amide bonds. The molecule has 204 valence electrons. The number of hydrogen-bond donors (Lipinski definition) is 1. The molecule has 1 heterocycles. The van der Waals surface area contributed by atoms with E-state index in [1.165, 1.54) is 4.90 Å². The predicted molar refractivity (Wildman–Crippen MR) is 159 cm³/mol. The Morgan fingerprint density at radius 2 is 1.62 bits per heavy atom. The van der Waals surface area contributed by atoms with E-state index in [-0.39, 0.29) is 30.8 Å². The Hall–Kier alpha value is -4.16. The van der Waals surface area contributed by atoms with Crippen LogP contribution in [0.4, 0.5) is 5.69 Å². The first-order valence-corrected chi connectivity index (χ1v) is 14.0. The summed E-state index contributed by atoms with van der Waals surface area (Å²) < 4.78 is 0. The SMILES string of the molecule is CCCCNC(=O)[C@H](Cc1ccccc1)N(Cc1ccc(Cl)cc1)C(=O)CN1C(=O)c2cccc3cccc1c23. The lowest BCUT2D eigenvalue weighted by Crippen LogP contribution is -2.53. The first kappa shape index (κ1) is 27.4. The van der Waals surface area contributed by atoms with E-state index in [0.717, 1.165) is 34.7 Å². The molecular formula is C33H32ClN3O3. The molecule has 0 aliphatic carbocycles. The Bertz CT molecular complexity index is 1520. The van der Waals surface area contributed by atoms with Crippen molar-refractivity contribution in [1.29, 1.82) is 0 Å². The van der Waals surface area contributed by atoms with Gasteiger partial charge in [0, 0.05) is 35.5 Å². The molecule has 1 aliphatic rings. The van der Waals surface area contributed by atoms with Crippen molar-refractivity contribution in [2.75, 3.05) is 18.0 Å². The van der Waals surface area contributed by atoms with Gasteiger partial charge >= 0.3 is 0 Å². The molecule has 0 radical (unpaired) electrons. The topological polar surface area (TPSA) is 69.7 Å². The number of rotatable bonds is 11. The summed E-state index contributed by atoms with van der Waals surface area (Å²) in [6.45, 7) is 2.63. The van der Waals surface area contributed by atoms with Gasteiger partial charge in [-0.15, -0.1) is 0 Å². The molecule has 6 nitrogen and oxygen atoms in total. The number of nitrogens with zero attached hydrogens (tertiary/aromatic N) is 2. The average Bonchev–Trinajstić information content (AvgIpc) is 3.24. The van der Waals surface area contributed by atoms with Crippen LogP contribution in [0.3, 0.4) is 0 Å². The molecule has 0 aromatic heterocycles. The van der Waals surface area contributed by atoms with Crippen molar-refractivity contribution in [2.45, 2.75) is 38.8 Å². The van der Waals surface area contributed by atoms with Crippen molar-refractivity contribution in [2.24, 2.45) is 0 Å². The first-order valence-electron chi connectivity index (χ1n) is 13.7. The second-order valence-electron chi connectivity index (χ2n) is 10.1. The fourth-order valence-corrected chi connectivity index (χ4v) is 5.33. The van der Waals surface area contributed by atoms with Crippen LogP contribution in [0.1, 0.15) is 41.3 Å². The second kappa shape index (κ2) is 12.3. The number of hydrogen-bond acceptors (Lipinski definition) is 3. The highest BCUT2D eigenvalue weighted by Gasteiger charge is 2.35. The lowest BCUT2D eigenvalue weighted by molar-refractivity contribution is -0.140. The summed E-state index contributed by atoms with van der Waals surface area (Å²) in [5.41, 5.74) is 3.09. The fraction of sp³-hybridized carbons (Fsp3) is 0.242. The molecule has 40 heavy (non-hydrogen) atoms. The minimum Gasteiger partial charge on any atom is -0.354 e. The maximum atomic E-state index is 14.2. The van der Waals surface area contributed by atoms with Gasteiger partial charge < -0.3 is 10.2 Å². The van der Waals surface area contributed by atoms with E-state index >= 15 is 0 Å². The number of halogens is 1. The highest BCUT2D eigenvalue weighted by atomic mass is 35.5. The van der Waals surface area contributed by atoms with Gasteiger partial charge in [0.25, 0.3) is 5.91 Å². The van der Waals surface area contributed by atoms with Gasteiger partial charge in [0.15, 0.2) is 0 Å². The van der Waals surface area contributed by atoms with Crippen LogP contribution in [-0.4, -0.2) is 41.8 Å². The van der Waals surface area contributed by atoms with Crippen LogP contribution in [0.2, 0.25) is 5.02 Å². The van der Waals surface area contributed by atoms with Crippen LogP contribution >= 0.6 is 11.6 Å². The lowest BCUT2D eigenvalue weighted by atomic mass is 10.0. The molecule has 0 unspecified atom stereocenters. The van der Waals surface area contributed by atoms with Gasteiger partial charge in [-0.3, -0.25) is 19.3 Å². The van der Waals surface area contributed by atoms with E-state index < -0.39 is 6.04 Å². The summed E-state index contributed by atoms with van der Waals surface area (Å²) in [7, 11) is 0. The smallest absolute Gasteiger partial charge is 0.259 e. The molecule has 7 heteroatoms. The fourth-order valence-electron chi connectivity index (χ4n) is 5.21. The summed E-state index contributed by atoms with van der Waals surface area (Å²) in [5.74, 6) is -0.726. The van der Waals surface area contributed by atoms with E-state index in [9.17, 15) is 14.4 Å². The second-order valence-corrected chi connectivity index (χ2v) is 10.5. The minimum absolute atomic E-state index is 0.173. The average molecular weight is 554 g/mol. The van der Waals surface area contributed by atoms with Gasteiger partial charge in [0.2, 0.25) is 11.8 Å². The maximum Gasteiger partial charge on any atom is 0.259 e. The Balaban J connectivity index is 1.49. The van der Waals surface area contributed by atoms with E-state index in [2.05, 4.69) is 12.2 Å². The predicted octanol–water partition coefficient (Wildman–Crippen LogP) is 6.01. The number of benzene rings is 4. The van der Waals surface area contributed by atoms with Gasteiger partial charge in [-0.05, 0) is 47.2 Å². The van der Waals surface area contributed by atoms with Crippen molar-refractivity contribution in [1.82, 2.24) is 10.2 Å². The van der Waals surface area contributed by atoms with Crippen molar-refractivity contribution in [3.8, 4) is 0 Å². The Morgan fingerprint density at radius 3 is 2.35 bits per heavy atom. The quantitative estimate of drug-likeness (QED) is 0.231. The number of unbranched alkanes of at least 4 members (excludes halogenated alkanes) is 1. The molecule has 0 bridgehead atoms. The highest BCUT2D eigenvalue weighted by Crippen LogP contribution is 2.37. The number of anilines is 1. The van der Waals surface area contributed by atoms with Gasteiger partial charge in [-0.1, -0.05) is 91.7 Å². The highest BCUT2D eigenvalue weighted by molar-refractivity contribution is 6.30. The number of amides is 3. The zero-order valence-electron chi connectivity index (χ0n) is 22.5. The normalized spacial score (nSPS) is 12.9. The molecule has 5 rings (SSSR count). The third-order valence-corrected chi connectivity index (χ3v) is 7.56. The van der Waals surface area contributed by atoms with Crippen LogP contribution in [0.5, 0.6) is 0 Å². The molecular weight excluding hydrogens is 522 g/mol. The van der Waals surface area contributed by atoms with Crippen LogP contribution in [-0.2, 0) is 22.6 Å². The molecule has 1 atom stereocenters. The Morgan fingerprint density at radius 1 is 0.900 bits per heavy atom. The molecule has 4 aromatic carbocycles. The largest absolute Gasteiger partial charge is 0.354 e. The number of carbonyl (C=O) groups is 3. The van der Waals surface area contributed by atoms with Crippen LogP contribution in [0, 0.1) is 0 Å². The van der Waals surface area contributed by atoms with Gasteiger partial charge in [-0.25, -0.2) is 0 Å². The summed E-state index contributed by atoms with van der Waals surface area (Å²) in [6.07, 6.45) is 2.14. The molecule has 1 aliphatic heterocycles. The van der Waals surface area contributed by atoms with Crippen molar-refractivity contribution in [3.63, 3.8) is 0 Å². The molecule has 0 fully saturated rings. The Kier molecular flexibility index (Phi) is 8.46. The van der Waals surface area contributed by atoms with E-state index in [1.807, 2.05) is 72.8 Å². The van der Waals surface area contributed by atoms with E-state index in [4.69, 9.17) is 11.6 Å². The monoisotopic (exact) mass is 553 g/mol. The van der Waals surface area contributed by atoms with Gasteiger partial charge in [-0.2, -0.15) is 0 Å². The summed E-state index contributed by atoms with van der Waals surface area (Å²) in [5, 5.41) is 5.43. The van der Waals surface area contributed by atoms with Crippen molar-refractivity contribution < 1.29 is 14.4 Å². The van der Waals surface area contributed by atoms with Crippen LogP contribution < -0.4 is 10.2 Å². The van der Waals surface area contributed by atoms with E-state index in [1.54, 1.807) is 23.1 Å². The van der Waals surface area contributed by atoms with E-state index in [0.29, 0.717) is 29.2 Å². The number of carbonyl (C=O) groups excluding carboxylic acids is 3. The van der Waals surface area contributed by atoms with Crippen molar-refractivity contribution >= 4 is 45.8 Å². The first-order chi connectivity index (χ1) is 19.5. The molecule has 4 aromatic rings. The molecule has 0 saturated heterocycles. The molecule has 1 N–H and O–H groups in total. The zero-order valence-corrected chi connectivity index (χ0v) is 23.2. The third-order valence-electron chi connectivity index (χ3n) is 7.31. The third kappa shape index (κ3) is 5.87. The molecule has 0 spiro atoms. The van der Waals surface area contributed by atoms with Crippen LogP contribution in [0.25, 0.3) is 10.8 Å². The van der Waals surface area contributed by atoms with Crippen LogP contribution in [0.15, 0.2) is 91.0 Å². The standard InChI is InChI=1S/C33H32ClN3O3/c1-2-3-19-35-32(39)29(20-23-9-5-4-6-10-23)36(21-24-15-17-26(34)18-16-24)30(38)22-37-28-14-8-12-25-11-7-13-27(31(25)28)33(37)40/h4-18,29H,2-3,19-22H2,1H3,(H,35,39)/t29-/m0/s1. The minimum atomic E-state index is -0.765. The molecule has 0 saturated carbocycles. The number of nitrogens with one attached hydrogen (secondary N) is 1. The summed E-state index contributed by atoms with van der Waals surface area (Å²) in [6, 6.07) is 27.5. The Labute approximate surface area is 239 Å². The lowest BCUT2D eigenvalue weighted by Gasteiger charge is -2.33. The van der Waals surface area contributed by atoms with Gasteiger partial charge in [0.1, 0.15) is 12.6 Å².